The molecule has 0 bridgehead atoms. The van der Waals surface area contributed by atoms with Gasteiger partial charge in [-0.2, -0.15) is 0 Å². The molecule has 1 atom stereocenters. The summed E-state index contributed by atoms with van der Waals surface area (Å²) in [6.45, 7) is 2.13. The van der Waals surface area contributed by atoms with Crippen LogP contribution in [0.5, 0.6) is 11.5 Å². The second-order valence-corrected chi connectivity index (χ2v) is 7.29. The number of methoxy groups -OCH3 is 2. The maximum absolute atomic E-state index is 13.4. The summed E-state index contributed by atoms with van der Waals surface area (Å²) in [5.41, 5.74) is 1.42. The van der Waals surface area contributed by atoms with E-state index >= 15 is 0 Å². The molecule has 1 heterocycles. The van der Waals surface area contributed by atoms with E-state index in [1.54, 1.807) is 18.2 Å². The molecule has 5 nitrogen and oxygen atoms in total. The lowest BCUT2D eigenvalue weighted by molar-refractivity contribution is -0.121. The standard InChI is InChI=1S/C21H24ClFN2O3/c1-27-19-11-20(28-2)18(10-17(19)22)24-21(26)15-6-4-8-25(13-15)12-14-5-3-7-16(23)9-14/h3,5,7,9-11,15H,4,6,8,12-13H2,1-2H3,(H,24,26). The van der Waals surface area contributed by atoms with E-state index in [-0.39, 0.29) is 17.6 Å². The van der Waals surface area contributed by atoms with E-state index in [0.29, 0.717) is 35.3 Å². The van der Waals surface area contributed by atoms with Crippen molar-refractivity contribution in [1.82, 2.24) is 4.90 Å². The molecule has 150 valence electrons. The van der Waals surface area contributed by atoms with Gasteiger partial charge in [-0.05, 0) is 43.1 Å². The van der Waals surface area contributed by atoms with Crippen LogP contribution in [0.3, 0.4) is 0 Å². The number of rotatable bonds is 6. The SMILES string of the molecule is COc1cc(OC)c(NC(=O)C2CCCN(Cc3cccc(F)c3)C2)cc1Cl. The Labute approximate surface area is 169 Å². The Morgan fingerprint density at radius 3 is 2.75 bits per heavy atom. The quantitative estimate of drug-likeness (QED) is 0.775. The average Bonchev–Trinajstić information content (AvgIpc) is 2.68. The van der Waals surface area contributed by atoms with Crippen LogP contribution < -0.4 is 14.8 Å². The first-order valence-electron chi connectivity index (χ1n) is 9.19. The molecular weight excluding hydrogens is 383 g/mol. The Balaban J connectivity index is 1.66. The monoisotopic (exact) mass is 406 g/mol. The number of anilines is 1. The van der Waals surface area contributed by atoms with Crippen molar-refractivity contribution in [2.45, 2.75) is 19.4 Å². The molecule has 0 spiro atoms. The van der Waals surface area contributed by atoms with Gasteiger partial charge < -0.3 is 14.8 Å². The number of nitrogens with zero attached hydrogens (tertiary/aromatic N) is 1. The van der Waals surface area contributed by atoms with Crippen molar-refractivity contribution in [2.24, 2.45) is 5.92 Å². The number of hydrogen-bond acceptors (Lipinski definition) is 4. The van der Waals surface area contributed by atoms with Crippen molar-refractivity contribution in [3.63, 3.8) is 0 Å². The number of benzene rings is 2. The fourth-order valence-corrected chi connectivity index (χ4v) is 3.74. The van der Waals surface area contributed by atoms with Crippen LogP contribution >= 0.6 is 11.6 Å². The number of carbonyl (C=O) groups excluding carboxylic acids is 1. The molecule has 1 amide bonds. The largest absolute Gasteiger partial charge is 0.495 e. The molecule has 2 aromatic carbocycles. The summed E-state index contributed by atoms with van der Waals surface area (Å²) in [6.07, 6.45) is 1.71. The summed E-state index contributed by atoms with van der Waals surface area (Å²) in [6, 6.07) is 9.85. The minimum Gasteiger partial charge on any atom is -0.495 e. The summed E-state index contributed by atoms with van der Waals surface area (Å²) >= 11 is 6.18. The highest BCUT2D eigenvalue weighted by Crippen LogP contribution is 2.36. The van der Waals surface area contributed by atoms with E-state index in [4.69, 9.17) is 21.1 Å². The number of nitrogens with one attached hydrogen (secondary N) is 1. The molecule has 1 fully saturated rings. The molecule has 28 heavy (non-hydrogen) atoms. The molecule has 1 aliphatic heterocycles. The van der Waals surface area contributed by atoms with Crippen LogP contribution in [0.25, 0.3) is 0 Å². The second kappa shape index (κ2) is 9.26. The first-order chi connectivity index (χ1) is 13.5. The predicted molar refractivity (Wildman–Crippen MR) is 108 cm³/mol. The predicted octanol–water partition coefficient (Wildman–Crippen LogP) is 4.35. The topological polar surface area (TPSA) is 50.8 Å². The van der Waals surface area contributed by atoms with E-state index in [1.165, 1.54) is 26.4 Å². The van der Waals surface area contributed by atoms with Crippen LogP contribution in [0.15, 0.2) is 36.4 Å². The number of likely N-dealkylation sites (tertiary alicyclic amines) is 1. The lowest BCUT2D eigenvalue weighted by Gasteiger charge is -2.32. The summed E-state index contributed by atoms with van der Waals surface area (Å²) in [5.74, 6) is 0.487. The van der Waals surface area contributed by atoms with Crippen LogP contribution in [0, 0.1) is 11.7 Å². The number of amides is 1. The van der Waals surface area contributed by atoms with Gasteiger partial charge in [0.2, 0.25) is 5.91 Å². The lowest BCUT2D eigenvalue weighted by atomic mass is 9.96. The number of halogens is 2. The number of ether oxygens (including phenoxy) is 2. The molecule has 7 heteroatoms. The number of carbonyl (C=O) groups is 1. The fourth-order valence-electron chi connectivity index (χ4n) is 3.50. The molecule has 1 N–H and O–H groups in total. The van der Waals surface area contributed by atoms with Gasteiger partial charge in [-0.15, -0.1) is 0 Å². The number of piperidine rings is 1. The Bertz CT molecular complexity index is 846. The van der Waals surface area contributed by atoms with Gasteiger partial charge in [-0.1, -0.05) is 23.7 Å². The highest BCUT2D eigenvalue weighted by molar-refractivity contribution is 6.32. The Morgan fingerprint density at radius 2 is 2.04 bits per heavy atom. The minimum atomic E-state index is -0.243. The van der Waals surface area contributed by atoms with Gasteiger partial charge in [0.15, 0.2) is 0 Å². The van der Waals surface area contributed by atoms with Crippen LogP contribution in [-0.2, 0) is 11.3 Å². The Morgan fingerprint density at radius 1 is 1.25 bits per heavy atom. The van der Waals surface area contributed by atoms with E-state index in [1.807, 2.05) is 6.07 Å². The van der Waals surface area contributed by atoms with E-state index < -0.39 is 0 Å². The van der Waals surface area contributed by atoms with Crippen molar-refractivity contribution < 1.29 is 18.7 Å². The third-order valence-electron chi connectivity index (χ3n) is 4.90. The molecular formula is C21H24ClFN2O3. The molecule has 0 aromatic heterocycles. The van der Waals surface area contributed by atoms with Gasteiger partial charge in [-0.3, -0.25) is 9.69 Å². The van der Waals surface area contributed by atoms with Gasteiger partial charge in [0, 0.05) is 19.2 Å². The molecule has 1 saturated heterocycles. The molecule has 1 aliphatic rings. The molecule has 1 unspecified atom stereocenters. The molecule has 2 aromatic rings. The van der Waals surface area contributed by atoms with Crippen molar-refractivity contribution in [1.29, 1.82) is 0 Å². The smallest absolute Gasteiger partial charge is 0.228 e. The van der Waals surface area contributed by atoms with E-state index in [2.05, 4.69) is 10.2 Å². The second-order valence-electron chi connectivity index (χ2n) is 6.88. The first kappa shape index (κ1) is 20.4. The Hall–Kier alpha value is -2.31. The summed E-state index contributed by atoms with van der Waals surface area (Å²) in [7, 11) is 3.05. The van der Waals surface area contributed by atoms with E-state index in [0.717, 1.165) is 24.9 Å². The zero-order chi connectivity index (χ0) is 20.1. The summed E-state index contributed by atoms with van der Waals surface area (Å²) in [5, 5.41) is 3.32. The summed E-state index contributed by atoms with van der Waals surface area (Å²) in [4.78, 5) is 15.0. The van der Waals surface area contributed by atoms with Crippen LogP contribution in [-0.4, -0.2) is 38.1 Å². The van der Waals surface area contributed by atoms with Gasteiger partial charge in [0.1, 0.15) is 17.3 Å². The third kappa shape index (κ3) is 4.94. The normalized spacial score (nSPS) is 17.2. The average molecular weight is 407 g/mol. The number of hydrogen-bond donors (Lipinski definition) is 1. The Kier molecular flexibility index (Phi) is 6.75. The van der Waals surface area contributed by atoms with Crippen molar-refractivity contribution >= 4 is 23.2 Å². The minimum absolute atomic E-state index is 0.0801. The summed E-state index contributed by atoms with van der Waals surface area (Å²) < 4.78 is 23.9. The zero-order valence-corrected chi connectivity index (χ0v) is 16.8. The molecule has 0 radical (unpaired) electrons. The van der Waals surface area contributed by atoms with Gasteiger partial charge in [0.25, 0.3) is 0 Å². The lowest BCUT2D eigenvalue weighted by Crippen LogP contribution is -2.40. The fraction of sp³-hybridized carbons (Fsp3) is 0.381. The van der Waals surface area contributed by atoms with Crippen molar-refractivity contribution in [3.8, 4) is 11.5 Å². The van der Waals surface area contributed by atoms with Gasteiger partial charge in [0.05, 0.1) is 30.8 Å². The molecule has 0 aliphatic carbocycles. The first-order valence-corrected chi connectivity index (χ1v) is 9.57. The highest BCUT2D eigenvalue weighted by Gasteiger charge is 2.27. The molecule has 0 saturated carbocycles. The van der Waals surface area contributed by atoms with Crippen LogP contribution in [0.1, 0.15) is 18.4 Å². The van der Waals surface area contributed by atoms with Crippen LogP contribution in [0.4, 0.5) is 10.1 Å². The highest BCUT2D eigenvalue weighted by atomic mass is 35.5. The maximum atomic E-state index is 13.4. The maximum Gasteiger partial charge on any atom is 0.228 e. The van der Waals surface area contributed by atoms with Crippen LogP contribution in [0.2, 0.25) is 5.02 Å². The van der Waals surface area contributed by atoms with Crippen molar-refractivity contribution in [3.05, 3.63) is 52.8 Å². The van der Waals surface area contributed by atoms with Gasteiger partial charge >= 0.3 is 0 Å². The van der Waals surface area contributed by atoms with E-state index in [9.17, 15) is 9.18 Å². The van der Waals surface area contributed by atoms with Gasteiger partial charge in [-0.25, -0.2) is 4.39 Å². The molecule has 3 rings (SSSR count). The zero-order valence-electron chi connectivity index (χ0n) is 16.0. The third-order valence-corrected chi connectivity index (χ3v) is 5.20. The van der Waals surface area contributed by atoms with Crippen molar-refractivity contribution in [2.75, 3.05) is 32.6 Å².